The third kappa shape index (κ3) is 1.96. The molecule has 2 N–H and O–H groups in total. The lowest BCUT2D eigenvalue weighted by Crippen LogP contribution is -2.42. The van der Waals surface area contributed by atoms with E-state index in [1.54, 1.807) is 0 Å². The van der Waals surface area contributed by atoms with E-state index in [0.717, 1.165) is 24.8 Å². The first-order chi connectivity index (χ1) is 9.11. The van der Waals surface area contributed by atoms with Gasteiger partial charge in [0.1, 0.15) is 5.54 Å². The van der Waals surface area contributed by atoms with Gasteiger partial charge in [0.25, 0.3) is 0 Å². The normalized spacial score (nSPS) is 22.5. The second-order valence-electron chi connectivity index (χ2n) is 5.59. The molecule has 100 valence electrons. The highest BCUT2D eigenvalue weighted by molar-refractivity contribution is 5.40. The van der Waals surface area contributed by atoms with Crippen molar-refractivity contribution in [3.63, 3.8) is 0 Å². The van der Waals surface area contributed by atoms with Gasteiger partial charge in [0, 0.05) is 5.92 Å². The predicted octanol–water partition coefficient (Wildman–Crippen LogP) is 2.73. The molecule has 1 heterocycles. The Labute approximate surface area is 113 Å². The molecule has 3 rings (SSSR count). The minimum Gasteiger partial charge on any atom is -0.339 e. The molecule has 0 bridgehead atoms. The van der Waals surface area contributed by atoms with Gasteiger partial charge in [-0.1, -0.05) is 43.3 Å². The van der Waals surface area contributed by atoms with Gasteiger partial charge in [0.15, 0.2) is 5.82 Å². The summed E-state index contributed by atoms with van der Waals surface area (Å²) in [6, 6.07) is 8.30. The van der Waals surface area contributed by atoms with Crippen LogP contribution in [-0.2, 0) is 12.0 Å². The van der Waals surface area contributed by atoms with Crippen molar-refractivity contribution in [1.82, 2.24) is 10.1 Å². The van der Waals surface area contributed by atoms with Crippen molar-refractivity contribution in [3.05, 3.63) is 47.1 Å². The average molecular weight is 257 g/mol. The molecule has 19 heavy (non-hydrogen) atoms. The lowest BCUT2D eigenvalue weighted by Gasteiger charge is -2.32. The van der Waals surface area contributed by atoms with Crippen LogP contribution < -0.4 is 5.73 Å². The molecule has 0 radical (unpaired) electrons. The summed E-state index contributed by atoms with van der Waals surface area (Å²) in [5.41, 5.74) is 8.45. The van der Waals surface area contributed by atoms with Crippen molar-refractivity contribution in [2.24, 2.45) is 5.73 Å². The zero-order valence-electron chi connectivity index (χ0n) is 11.4. The van der Waals surface area contributed by atoms with Crippen LogP contribution in [0, 0.1) is 0 Å². The van der Waals surface area contributed by atoms with Gasteiger partial charge in [-0.2, -0.15) is 4.98 Å². The number of benzene rings is 1. The molecule has 0 saturated carbocycles. The summed E-state index contributed by atoms with van der Waals surface area (Å²) in [7, 11) is 0. The second-order valence-corrected chi connectivity index (χ2v) is 5.59. The minimum atomic E-state index is -0.606. The van der Waals surface area contributed by atoms with E-state index in [9.17, 15) is 0 Å². The largest absolute Gasteiger partial charge is 0.339 e. The minimum absolute atomic E-state index is 0.226. The zero-order chi connectivity index (χ0) is 13.5. The van der Waals surface area contributed by atoms with Crippen LogP contribution in [0.1, 0.15) is 55.4 Å². The summed E-state index contributed by atoms with van der Waals surface area (Å²) in [5, 5.41) is 4.12. The molecular weight excluding hydrogens is 238 g/mol. The molecule has 1 aliphatic carbocycles. The van der Waals surface area contributed by atoms with Gasteiger partial charge in [-0.25, -0.2) is 0 Å². The zero-order valence-corrected chi connectivity index (χ0v) is 11.4. The average Bonchev–Trinajstić information content (AvgIpc) is 2.90. The Morgan fingerprint density at radius 2 is 2.11 bits per heavy atom. The second kappa shape index (κ2) is 4.46. The molecule has 1 atom stereocenters. The molecule has 0 saturated heterocycles. The lowest BCUT2D eigenvalue weighted by atomic mass is 9.77. The summed E-state index contributed by atoms with van der Waals surface area (Å²) < 4.78 is 5.32. The highest BCUT2D eigenvalue weighted by Gasteiger charge is 2.38. The smallest absolute Gasteiger partial charge is 0.229 e. The van der Waals surface area contributed by atoms with E-state index in [-0.39, 0.29) is 5.92 Å². The monoisotopic (exact) mass is 257 g/mol. The Morgan fingerprint density at radius 3 is 2.84 bits per heavy atom. The fourth-order valence-electron chi connectivity index (χ4n) is 2.75. The van der Waals surface area contributed by atoms with Crippen molar-refractivity contribution in [2.75, 3.05) is 0 Å². The maximum absolute atomic E-state index is 6.62. The van der Waals surface area contributed by atoms with Crippen molar-refractivity contribution in [3.8, 4) is 0 Å². The van der Waals surface area contributed by atoms with Gasteiger partial charge in [0.2, 0.25) is 5.89 Å². The van der Waals surface area contributed by atoms with Gasteiger partial charge in [-0.15, -0.1) is 0 Å². The van der Waals surface area contributed by atoms with E-state index in [1.807, 2.05) is 19.9 Å². The standard InChI is InChI=1S/C15H19N3O/c1-10(2)13-17-14(18-19-13)15(16)9-5-7-11-6-3-4-8-12(11)15/h3-4,6,8,10H,5,7,9,16H2,1-2H3. The summed E-state index contributed by atoms with van der Waals surface area (Å²) in [6.45, 7) is 4.07. The number of fused-ring (bicyclic) bond motifs is 1. The molecule has 1 aromatic heterocycles. The van der Waals surface area contributed by atoms with E-state index in [2.05, 4.69) is 28.3 Å². The molecule has 1 aliphatic rings. The quantitative estimate of drug-likeness (QED) is 0.898. The summed E-state index contributed by atoms with van der Waals surface area (Å²) in [6.07, 6.45) is 2.99. The fraction of sp³-hybridized carbons (Fsp3) is 0.467. The van der Waals surface area contributed by atoms with E-state index >= 15 is 0 Å². The maximum atomic E-state index is 6.62. The van der Waals surface area contributed by atoms with E-state index in [0.29, 0.717) is 11.7 Å². The first-order valence-corrected chi connectivity index (χ1v) is 6.82. The van der Waals surface area contributed by atoms with Crippen LogP contribution in [0.4, 0.5) is 0 Å². The Balaban J connectivity index is 2.08. The van der Waals surface area contributed by atoms with Crippen molar-refractivity contribution >= 4 is 0 Å². The van der Waals surface area contributed by atoms with Crippen molar-refractivity contribution in [1.29, 1.82) is 0 Å². The molecule has 1 unspecified atom stereocenters. The number of aromatic nitrogens is 2. The van der Waals surface area contributed by atoms with Crippen LogP contribution in [-0.4, -0.2) is 10.1 Å². The molecule has 2 aromatic rings. The summed E-state index contributed by atoms with van der Waals surface area (Å²) in [4.78, 5) is 4.50. The third-order valence-electron chi connectivity index (χ3n) is 3.85. The first kappa shape index (κ1) is 12.4. The number of nitrogens with two attached hydrogens (primary N) is 1. The summed E-state index contributed by atoms with van der Waals surface area (Å²) in [5.74, 6) is 1.50. The van der Waals surface area contributed by atoms with Crippen molar-refractivity contribution < 1.29 is 4.52 Å². The Hall–Kier alpha value is -1.68. The van der Waals surface area contributed by atoms with Crippen LogP contribution in [0.3, 0.4) is 0 Å². The first-order valence-electron chi connectivity index (χ1n) is 6.82. The van der Waals surface area contributed by atoms with Crippen molar-refractivity contribution in [2.45, 2.75) is 44.6 Å². The van der Waals surface area contributed by atoms with Gasteiger partial charge >= 0.3 is 0 Å². The van der Waals surface area contributed by atoms with Crippen LogP contribution in [0.25, 0.3) is 0 Å². The maximum Gasteiger partial charge on any atom is 0.229 e. The van der Waals surface area contributed by atoms with Crippen LogP contribution in [0.2, 0.25) is 0 Å². The number of hydrogen-bond donors (Lipinski definition) is 1. The van der Waals surface area contributed by atoms with Gasteiger partial charge in [0.05, 0.1) is 0 Å². The highest BCUT2D eigenvalue weighted by Crippen LogP contribution is 2.37. The molecule has 4 heteroatoms. The van der Waals surface area contributed by atoms with Gasteiger partial charge < -0.3 is 10.3 Å². The molecule has 0 spiro atoms. The topological polar surface area (TPSA) is 64.9 Å². The van der Waals surface area contributed by atoms with E-state index in [4.69, 9.17) is 10.3 Å². The van der Waals surface area contributed by atoms with Crippen LogP contribution >= 0.6 is 0 Å². The third-order valence-corrected chi connectivity index (χ3v) is 3.85. The molecular formula is C15H19N3O. The van der Waals surface area contributed by atoms with E-state index < -0.39 is 5.54 Å². The summed E-state index contributed by atoms with van der Waals surface area (Å²) >= 11 is 0. The Morgan fingerprint density at radius 1 is 1.32 bits per heavy atom. The fourth-order valence-corrected chi connectivity index (χ4v) is 2.75. The molecule has 0 amide bonds. The predicted molar refractivity (Wildman–Crippen MR) is 72.7 cm³/mol. The Bertz CT molecular complexity index is 591. The van der Waals surface area contributed by atoms with Gasteiger partial charge in [-0.3, -0.25) is 0 Å². The SMILES string of the molecule is CC(C)c1nc(C2(N)CCCc3ccccc32)no1. The lowest BCUT2D eigenvalue weighted by molar-refractivity contribution is 0.341. The van der Waals surface area contributed by atoms with Crippen LogP contribution in [0.5, 0.6) is 0 Å². The Kier molecular flexibility index (Phi) is 2.90. The van der Waals surface area contributed by atoms with Crippen LogP contribution in [0.15, 0.2) is 28.8 Å². The molecule has 4 nitrogen and oxygen atoms in total. The molecule has 0 aliphatic heterocycles. The number of rotatable bonds is 2. The number of aryl methyl sites for hydroxylation is 1. The number of nitrogens with zero attached hydrogens (tertiary/aromatic N) is 2. The molecule has 0 fully saturated rings. The highest BCUT2D eigenvalue weighted by atomic mass is 16.5. The molecule has 1 aromatic carbocycles. The number of hydrogen-bond acceptors (Lipinski definition) is 4. The van der Waals surface area contributed by atoms with E-state index in [1.165, 1.54) is 5.56 Å². The van der Waals surface area contributed by atoms with Gasteiger partial charge in [-0.05, 0) is 30.4 Å².